The fourth-order valence-corrected chi connectivity index (χ4v) is 2.91. The van der Waals surface area contributed by atoms with Crippen molar-refractivity contribution in [3.63, 3.8) is 0 Å². The Hall–Kier alpha value is -0.780. The van der Waals surface area contributed by atoms with Crippen molar-refractivity contribution in [3.8, 4) is 6.07 Å². The molecule has 0 aliphatic rings. The summed E-state index contributed by atoms with van der Waals surface area (Å²) in [6, 6.07) is 2.86. The number of nitriles is 1. The van der Waals surface area contributed by atoms with E-state index in [1.54, 1.807) is 0 Å². The smallest absolute Gasteiger partial charge is 0.207 e. The molecule has 0 fully saturated rings. The molecule has 1 aromatic rings. The highest BCUT2D eigenvalue weighted by Crippen LogP contribution is 2.38. The van der Waals surface area contributed by atoms with Gasteiger partial charge in [-0.1, -0.05) is 15.9 Å². The Bertz CT molecular complexity index is 606. The van der Waals surface area contributed by atoms with Crippen LogP contribution in [0, 0.1) is 11.3 Å². The standard InChI is InChI=1S/C8H2BrClF3NO2S/c9-5-1-4(3-14)7(17(10,15)16)6(2-5)8(11,12)13/h1-2H. The molecule has 3 nitrogen and oxygen atoms in total. The summed E-state index contributed by atoms with van der Waals surface area (Å²) in [6.07, 6.45) is -4.92. The van der Waals surface area contributed by atoms with Crippen molar-refractivity contribution >= 4 is 35.7 Å². The van der Waals surface area contributed by atoms with Crippen LogP contribution in [0.15, 0.2) is 21.5 Å². The molecule has 0 unspecified atom stereocenters. The first-order valence-corrected chi connectivity index (χ1v) is 6.93. The van der Waals surface area contributed by atoms with Gasteiger partial charge in [-0.15, -0.1) is 0 Å². The highest BCUT2D eigenvalue weighted by Gasteiger charge is 2.38. The van der Waals surface area contributed by atoms with Crippen molar-refractivity contribution in [2.75, 3.05) is 0 Å². The molecule has 0 saturated heterocycles. The van der Waals surface area contributed by atoms with Crippen LogP contribution in [0.1, 0.15) is 11.1 Å². The summed E-state index contributed by atoms with van der Waals surface area (Å²) in [5, 5.41) is 8.64. The van der Waals surface area contributed by atoms with Crippen molar-refractivity contribution in [1.29, 1.82) is 5.26 Å². The molecule has 0 bridgehead atoms. The quantitative estimate of drug-likeness (QED) is 0.732. The van der Waals surface area contributed by atoms with Crippen LogP contribution in [-0.4, -0.2) is 8.42 Å². The van der Waals surface area contributed by atoms with Gasteiger partial charge in [-0.2, -0.15) is 18.4 Å². The van der Waals surface area contributed by atoms with Crippen molar-refractivity contribution in [2.24, 2.45) is 0 Å². The van der Waals surface area contributed by atoms with Gasteiger partial charge in [-0.25, -0.2) is 8.42 Å². The molecule has 1 aromatic carbocycles. The molecule has 0 saturated carbocycles. The zero-order valence-corrected chi connectivity index (χ0v) is 10.9. The number of benzene rings is 1. The Morgan fingerprint density at radius 1 is 1.35 bits per heavy atom. The average molecular weight is 349 g/mol. The van der Waals surface area contributed by atoms with Crippen LogP contribution in [0.5, 0.6) is 0 Å². The van der Waals surface area contributed by atoms with E-state index >= 15 is 0 Å². The SMILES string of the molecule is N#Cc1cc(Br)cc(C(F)(F)F)c1S(=O)(=O)Cl. The van der Waals surface area contributed by atoms with Gasteiger partial charge in [0.2, 0.25) is 0 Å². The lowest BCUT2D eigenvalue weighted by Crippen LogP contribution is -2.12. The second-order valence-electron chi connectivity index (χ2n) is 2.88. The predicted octanol–water partition coefficient (Wildman–Crippen LogP) is 3.27. The first-order chi connectivity index (χ1) is 7.57. The van der Waals surface area contributed by atoms with Gasteiger partial charge in [0.1, 0.15) is 11.0 Å². The molecule has 0 radical (unpaired) electrons. The first kappa shape index (κ1) is 14.3. The lowest BCUT2D eigenvalue weighted by Gasteiger charge is -2.12. The summed E-state index contributed by atoms with van der Waals surface area (Å²) in [6.45, 7) is 0. The first-order valence-electron chi connectivity index (χ1n) is 3.83. The summed E-state index contributed by atoms with van der Waals surface area (Å²) in [5.41, 5.74) is -2.14. The Morgan fingerprint density at radius 2 is 1.88 bits per heavy atom. The summed E-state index contributed by atoms with van der Waals surface area (Å²) < 4.78 is 60.0. The van der Waals surface area contributed by atoms with Crippen molar-refractivity contribution in [1.82, 2.24) is 0 Å². The Kier molecular flexibility index (Phi) is 3.76. The molecule has 0 amide bonds. The lowest BCUT2D eigenvalue weighted by molar-refractivity contribution is -0.139. The van der Waals surface area contributed by atoms with Gasteiger partial charge in [-0.3, -0.25) is 0 Å². The highest BCUT2D eigenvalue weighted by molar-refractivity contribution is 9.10. The zero-order chi connectivity index (χ0) is 13.4. The molecule has 0 N–H and O–H groups in total. The van der Waals surface area contributed by atoms with Crippen LogP contribution in [0.3, 0.4) is 0 Å². The van der Waals surface area contributed by atoms with E-state index in [-0.39, 0.29) is 4.47 Å². The Labute approximate surface area is 107 Å². The van der Waals surface area contributed by atoms with Crippen LogP contribution in [0.4, 0.5) is 13.2 Å². The second kappa shape index (κ2) is 4.48. The Morgan fingerprint density at radius 3 is 2.24 bits per heavy atom. The molecule has 0 spiro atoms. The third-order valence-electron chi connectivity index (χ3n) is 1.72. The monoisotopic (exact) mass is 347 g/mol. The maximum atomic E-state index is 12.6. The van der Waals surface area contributed by atoms with Crippen LogP contribution in [-0.2, 0) is 15.2 Å². The highest BCUT2D eigenvalue weighted by atomic mass is 79.9. The molecular weight excluding hydrogens is 347 g/mol. The van der Waals surface area contributed by atoms with Crippen LogP contribution in [0.25, 0.3) is 0 Å². The molecular formula is C8H2BrClF3NO2S. The number of alkyl halides is 3. The van der Waals surface area contributed by atoms with Gasteiger partial charge in [0, 0.05) is 15.2 Å². The molecule has 0 heterocycles. The molecule has 92 valence electrons. The molecule has 0 aliphatic heterocycles. The van der Waals surface area contributed by atoms with Crippen LogP contribution in [0.2, 0.25) is 0 Å². The largest absolute Gasteiger partial charge is 0.417 e. The molecule has 9 heteroatoms. The van der Waals surface area contributed by atoms with Gasteiger partial charge in [0.05, 0.1) is 11.1 Å². The maximum absolute atomic E-state index is 12.6. The van der Waals surface area contributed by atoms with E-state index in [0.29, 0.717) is 6.07 Å². The van der Waals surface area contributed by atoms with Gasteiger partial charge in [-0.05, 0) is 12.1 Å². The molecule has 1 rings (SSSR count). The third kappa shape index (κ3) is 3.12. The lowest BCUT2D eigenvalue weighted by atomic mass is 10.1. The van der Waals surface area contributed by atoms with Gasteiger partial charge >= 0.3 is 6.18 Å². The number of halogens is 5. The molecule has 0 aliphatic carbocycles. The van der Waals surface area contributed by atoms with Gasteiger partial charge < -0.3 is 0 Å². The maximum Gasteiger partial charge on any atom is 0.417 e. The predicted molar refractivity (Wildman–Crippen MR) is 56.9 cm³/mol. The van der Waals surface area contributed by atoms with E-state index in [2.05, 4.69) is 15.9 Å². The van der Waals surface area contributed by atoms with Crippen molar-refractivity contribution in [2.45, 2.75) is 11.1 Å². The van der Waals surface area contributed by atoms with Crippen LogP contribution < -0.4 is 0 Å². The number of nitrogens with zero attached hydrogens (tertiary/aromatic N) is 1. The Balaban J connectivity index is 3.84. The van der Waals surface area contributed by atoms with Gasteiger partial charge in [0.25, 0.3) is 9.05 Å². The summed E-state index contributed by atoms with van der Waals surface area (Å²) in [7, 11) is 0.245. The fourth-order valence-electron chi connectivity index (χ4n) is 1.15. The zero-order valence-electron chi connectivity index (χ0n) is 7.72. The second-order valence-corrected chi connectivity index (χ2v) is 6.30. The van der Waals surface area contributed by atoms with E-state index in [4.69, 9.17) is 15.9 Å². The van der Waals surface area contributed by atoms with Crippen LogP contribution >= 0.6 is 26.6 Å². The number of rotatable bonds is 1. The minimum Gasteiger partial charge on any atom is -0.207 e. The summed E-state index contributed by atoms with van der Waals surface area (Å²) in [5.74, 6) is 0. The topological polar surface area (TPSA) is 57.9 Å². The van der Waals surface area contributed by atoms with E-state index in [0.717, 1.165) is 6.07 Å². The molecule has 0 atom stereocenters. The van der Waals surface area contributed by atoms with Crippen molar-refractivity contribution in [3.05, 3.63) is 27.7 Å². The van der Waals surface area contributed by atoms with E-state index < -0.39 is 31.2 Å². The van der Waals surface area contributed by atoms with Crippen molar-refractivity contribution < 1.29 is 21.6 Å². The van der Waals surface area contributed by atoms with E-state index in [9.17, 15) is 21.6 Å². The molecule has 0 aromatic heterocycles. The molecule has 17 heavy (non-hydrogen) atoms. The normalized spacial score (nSPS) is 12.2. The fraction of sp³-hybridized carbons (Fsp3) is 0.125. The third-order valence-corrected chi connectivity index (χ3v) is 3.57. The summed E-state index contributed by atoms with van der Waals surface area (Å²) >= 11 is 2.76. The number of hydrogen-bond donors (Lipinski definition) is 0. The minimum absolute atomic E-state index is 0.0644. The summed E-state index contributed by atoms with van der Waals surface area (Å²) in [4.78, 5) is -1.22. The van der Waals surface area contributed by atoms with Gasteiger partial charge in [0.15, 0.2) is 0 Å². The van der Waals surface area contributed by atoms with E-state index in [1.807, 2.05) is 0 Å². The minimum atomic E-state index is -4.92. The van der Waals surface area contributed by atoms with E-state index in [1.165, 1.54) is 6.07 Å². The average Bonchev–Trinajstić information content (AvgIpc) is 2.12. The number of hydrogen-bond acceptors (Lipinski definition) is 3.